The highest BCUT2D eigenvalue weighted by molar-refractivity contribution is 7.99. The van der Waals surface area contributed by atoms with Crippen LogP contribution in [0.25, 0.3) is 0 Å². The predicted molar refractivity (Wildman–Crippen MR) is 65.0 cm³/mol. The van der Waals surface area contributed by atoms with Crippen molar-refractivity contribution in [3.8, 4) is 6.07 Å². The van der Waals surface area contributed by atoms with Crippen molar-refractivity contribution >= 4 is 17.7 Å². The summed E-state index contributed by atoms with van der Waals surface area (Å²) in [5, 5.41) is 8.94. The van der Waals surface area contributed by atoms with E-state index in [1.165, 1.54) is 24.3 Å². The van der Waals surface area contributed by atoms with Crippen molar-refractivity contribution in [2.45, 2.75) is 38.1 Å². The second kappa shape index (κ2) is 5.58. The summed E-state index contributed by atoms with van der Waals surface area (Å²) in [4.78, 5) is 13.8. The highest BCUT2D eigenvalue weighted by Crippen LogP contribution is 2.27. The minimum atomic E-state index is -0.148. The maximum absolute atomic E-state index is 12.1. The first-order chi connectivity index (χ1) is 7.81. The van der Waals surface area contributed by atoms with Crippen molar-refractivity contribution < 1.29 is 4.79 Å². The molecule has 0 radical (unpaired) electrons. The molecular weight excluding hydrogens is 220 g/mol. The molecule has 0 aromatic rings. The first-order valence-corrected chi connectivity index (χ1v) is 7.23. The molecule has 1 atom stereocenters. The van der Waals surface area contributed by atoms with Gasteiger partial charge in [-0.1, -0.05) is 0 Å². The van der Waals surface area contributed by atoms with E-state index in [4.69, 9.17) is 5.26 Å². The molecule has 2 rings (SSSR count). The lowest BCUT2D eigenvalue weighted by molar-refractivity contribution is -0.132. The maximum Gasteiger partial charge on any atom is 0.223 e. The van der Waals surface area contributed by atoms with Crippen LogP contribution in [0.3, 0.4) is 0 Å². The van der Waals surface area contributed by atoms with Gasteiger partial charge in [0.1, 0.15) is 6.04 Å². The van der Waals surface area contributed by atoms with E-state index in [1.54, 1.807) is 4.90 Å². The van der Waals surface area contributed by atoms with E-state index in [1.807, 2.05) is 11.8 Å². The van der Waals surface area contributed by atoms with Crippen molar-refractivity contribution in [3.05, 3.63) is 0 Å². The minimum absolute atomic E-state index is 0.148. The van der Waals surface area contributed by atoms with E-state index in [0.29, 0.717) is 12.3 Å². The monoisotopic (exact) mass is 238 g/mol. The molecule has 2 saturated heterocycles. The predicted octanol–water partition coefficient (Wildman–Crippen LogP) is 2.03. The molecule has 0 N–H and O–H groups in total. The molecule has 0 bridgehead atoms. The van der Waals surface area contributed by atoms with Crippen LogP contribution in [0.2, 0.25) is 0 Å². The molecule has 1 amide bonds. The van der Waals surface area contributed by atoms with Gasteiger partial charge in [-0.2, -0.15) is 17.0 Å². The van der Waals surface area contributed by atoms with Gasteiger partial charge < -0.3 is 4.90 Å². The van der Waals surface area contributed by atoms with Crippen LogP contribution in [0.5, 0.6) is 0 Å². The van der Waals surface area contributed by atoms with Crippen molar-refractivity contribution in [3.63, 3.8) is 0 Å². The van der Waals surface area contributed by atoms with E-state index < -0.39 is 0 Å². The number of carbonyl (C=O) groups is 1. The molecular formula is C12H18N2OS. The molecule has 2 aliphatic rings. The number of hydrogen-bond donors (Lipinski definition) is 0. The van der Waals surface area contributed by atoms with Crippen LogP contribution in [0, 0.1) is 17.2 Å². The van der Waals surface area contributed by atoms with Gasteiger partial charge >= 0.3 is 0 Å². The molecule has 16 heavy (non-hydrogen) atoms. The van der Waals surface area contributed by atoms with Crippen LogP contribution < -0.4 is 0 Å². The Hall–Kier alpha value is -0.690. The van der Waals surface area contributed by atoms with Gasteiger partial charge in [0.25, 0.3) is 0 Å². The van der Waals surface area contributed by atoms with Gasteiger partial charge in [-0.05, 0) is 43.1 Å². The number of thioether (sulfide) groups is 1. The van der Waals surface area contributed by atoms with Crippen LogP contribution in [-0.2, 0) is 4.79 Å². The molecule has 0 aromatic heterocycles. The topological polar surface area (TPSA) is 44.1 Å². The van der Waals surface area contributed by atoms with Crippen molar-refractivity contribution in [1.29, 1.82) is 5.26 Å². The Bertz CT molecular complexity index is 294. The third-order valence-electron chi connectivity index (χ3n) is 3.53. The van der Waals surface area contributed by atoms with Gasteiger partial charge in [-0.15, -0.1) is 0 Å². The van der Waals surface area contributed by atoms with Crippen molar-refractivity contribution in [1.82, 2.24) is 4.90 Å². The standard InChI is InChI=1S/C12H18N2OS/c13-9-11-2-1-5-14(11)12(15)8-10-3-6-16-7-4-10/h10-11H,1-8H2. The molecule has 0 saturated carbocycles. The lowest BCUT2D eigenvalue weighted by atomic mass is 9.98. The Morgan fingerprint density at radius 2 is 2.12 bits per heavy atom. The Morgan fingerprint density at radius 3 is 2.81 bits per heavy atom. The number of likely N-dealkylation sites (tertiary alicyclic amines) is 1. The summed E-state index contributed by atoms with van der Waals surface area (Å²) >= 11 is 1.99. The third-order valence-corrected chi connectivity index (χ3v) is 4.58. The number of rotatable bonds is 2. The fraction of sp³-hybridized carbons (Fsp3) is 0.833. The van der Waals surface area contributed by atoms with E-state index in [0.717, 1.165) is 19.4 Å². The smallest absolute Gasteiger partial charge is 0.223 e. The van der Waals surface area contributed by atoms with E-state index in [-0.39, 0.29) is 11.9 Å². The lowest BCUT2D eigenvalue weighted by Crippen LogP contribution is -2.36. The average molecular weight is 238 g/mol. The fourth-order valence-electron chi connectivity index (χ4n) is 2.51. The van der Waals surface area contributed by atoms with Gasteiger partial charge in [-0.3, -0.25) is 4.79 Å². The summed E-state index contributed by atoms with van der Waals surface area (Å²) < 4.78 is 0. The van der Waals surface area contributed by atoms with Gasteiger partial charge in [0.2, 0.25) is 5.91 Å². The van der Waals surface area contributed by atoms with Crippen LogP contribution >= 0.6 is 11.8 Å². The zero-order valence-corrected chi connectivity index (χ0v) is 10.3. The number of nitriles is 1. The quantitative estimate of drug-likeness (QED) is 0.739. The van der Waals surface area contributed by atoms with Gasteiger partial charge in [-0.25, -0.2) is 0 Å². The Kier molecular flexibility index (Phi) is 4.11. The van der Waals surface area contributed by atoms with E-state index in [2.05, 4.69) is 6.07 Å². The SMILES string of the molecule is N#CC1CCCN1C(=O)CC1CCSCC1. The van der Waals surface area contributed by atoms with Crippen LogP contribution in [0.4, 0.5) is 0 Å². The summed E-state index contributed by atoms with van der Waals surface area (Å²) in [6, 6.07) is 2.09. The molecule has 0 aromatic carbocycles. The van der Waals surface area contributed by atoms with E-state index in [9.17, 15) is 4.79 Å². The molecule has 0 spiro atoms. The Morgan fingerprint density at radius 1 is 1.38 bits per heavy atom. The second-order valence-corrected chi connectivity index (χ2v) is 5.86. The summed E-state index contributed by atoms with van der Waals surface area (Å²) in [5.41, 5.74) is 0. The highest BCUT2D eigenvalue weighted by atomic mass is 32.2. The Balaban J connectivity index is 1.85. The van der Waals surface area contributed by atoms with Crippen molar-refractivity contribution in [2.24, 2.45) is 5.92 Å². The first kappa shape index (κ1) is 11.8. The zero-order chi connectivity index (χ0) is 11.4. The lowest BCUT2D eigenvalue weighted by Gasteiger charge is -2.25. The molecule has 1 unspecified atom stereocenters. The first-order valence-electron chi connectivity index (χ1n) is 6.08. The summed E-state index contributed by atoms with van der Waals surface area (Å²) in [7, 11) is 0. The molecule has 2 heterocycles. The van der Waals surface area contributed by atoms with Gasteiger partial charge in [0, 0.05) is 13.0 Å². The van der Waals surface area contributed by atoms with Crippen LogP contribution in [0.15, 0.2) is 0 Å². The van der Waals surface area contributed by atoms with Crippen LogP contribution in [0.1, 0.15) is 32.1 Å². The Labute approximate surface area is 101 Å². The maximum atomic E-state index is 12.1. The molecule has 4 heteroatoms. The van der Waals surface area contributed by atoms with Gasteiger partial charge in [0.15, 0.2) is 0 Å². The minimum Gasteiger partial charge on any atom is -0.327 e. The fourth-order valence-corrected chi connectivity index (χ4v) is 3.72. The van der Waals surface area contributed by atoms with Crippen molar-refractivity contribution in [2.75, 3.05) is 18.1 Å². The second-order valence-electron chi connectivity index (χ2n) is 4.63. The van der Waals surface area contributed by atoms with Crippen LogP contribution in [-0.4, -0.2) is 34.9 Å². The number of amides is 1. The summed E-state index contributed by atoms with van der Waals surface area (Å²) in [6.45, 7) is 0.790. The number of carbonyl (C=O) groups excluding carboxylic acids is 1. The zero-order valence-electron chi connectivity index (χ0n) is 9.52. The normalized spacial score (nSPS) is 26.7. The van der Waals surface area contributed by atoms with E-state index >= 15 is 0 Å². The summed E-state index contributed by atoms with van der Waals surface area (Å²) in [6.07, 6.45) is 4.86. The molecule has 2 aliphatic heterocycles. The molecule has 0 aliphatic carbocycles. The summed E-state index contributed by atoms with van der Waals surface area (Å²) in [5.74, 6) is 3.16. The molecule has 2 fully saturated rings. The number of nitrogens with zero attached hydrogens (tertiary/aromatic N) is 2. The van der Waals surface area contributed by atoms with Gasteiger partial charge in [0.05, 0.1) is 6.07 Å². The molecule has 88 valence electrons. The largest absolute Gasteiger partial charge is 0.327 e. The average Bonchev–Trinajstić information content (AvgIpc) is 2.78. The highest BCUT2D eigenvalue weighted by Gasteiger charge is 2.30. The third kappa shape index (κ3) is 2.70. The molecule has 3 nitrogen and oxygen atoms in total. The number of hydrogen-bond acceptors (Lipinski definition) is 3.